The second-order valence-corrected chi connectivity index (χ2v) is 4.99. The fraction of sp³-hybridized carbons (Fsp3) is 0.538. The zero-order valence-electron chi connectivity index (χ0n) is 11.2. The Morgan fingerprint density at radius 3 is 2.65 bits per heavy atom. The van der Waals surface area contributed by atoms with Crippen LogP contribution in [0.3, 0.4) is 0 Å². The Hall–Kier alpha value is -1.70. The van der Waals surface area contributed by atoms with E-state index < -0.39 is 10.5 Å². The molecule has 2 aliphatic rings. The lowest BCUT2D eigenvalue weighted by molar-refractivity contribution is -0.385. The van der Waals surface area contributed by atoms with Crippen molar-refractivity contribution in [2.24, 2.45) is 0 Å². The first-order valence-corrected chi connectivity index (χ1v) is 6.22. The minimum absolute atomic E-state index is 0.0348. The number of rotatable bonds is 5. The lowest BCUT2D eigenvalue weighted by Crippen LogP contribution is -2.52. The number of benzene rings is 1. The molecule has 108 valence electrons. The van der Waals surface area contributed by atoms with Crippen LogP contribution < -0.4 is 4.74 Å². The monoisotopic (exact) mass is 281 g/mol. The molecule has 0 saturated carbocycles. The van der Waals surface area contributed by atoms with Crippen LogP contribution in [0.25, 0.3) is 0 Å². The molecule has 2 unspecified atom stereocenters. The van der Waals surface area contributed by atoms with Gasteiger partial charge in [0.05, 0.1) is 18.1 Å². The minimum atomic E-state index is -0.697. The maximum absolute atomic E-state index is 10.8. The average Bonchev–Trinajstić information content (AvgIpc) is 3.20. The van der Waals surface area contributed by atoms with Gasteiger partial charge < -0.3 is 18.9 Å². The highest BCUT2D eigenvalue weighted by atomic mass is 16.7. The number of methoxy groups -OCH3 is 2. The lowest BCUT2D eigenvalue weighted by Gasteiger charge is -2.35. The van der Waals surface area contributed by atoms with E-state index in [0.717, 1.165) is 0 Å². The van der Waals surface area contributed by atoms with Crippen LogP contribution in [0.5, 0.6) is 5.75 Å². The largest absolute Gasteiger partial charge is 0.479 e. The van der Waals surface area contributed by atoms with E-state index in [9.17, 15) is 10.1 Å². The van der Waals surface area contributed by atoms with E-state index in [2.05, 4.69) is 0 Å². The van der Waals surface area contributed by atoms with Crippen molar-refractivity contribution in [2.75, 3.05) is 27.4 Å². The average molecular weight is 281 g/mol. The molecular formula is C13H15NO6. The van der Waals surface area contributed by atoms with Gasteiger partial charge in [-0.05, 0) is 6.07 Å². The van der Waals surface area contributed by atoms with Crippen molar-refractivity contribution in [1.82, 2.24) is 0 Å². The Kier molecular flexibility index (Phi) is 3.12. The van der Waals surface area contributed by atoms with Crippen LogP contribution in [0.4, 0.5) is 5.69 Å². The third kappa shape index (κ3) is 1.94. The summed E-state index contributed by atoms with van der Waals surface area (Å²) in [5.41, 5.74) is 0.0525. The predicted octanol–water partition coefficient (Wildman–Crippen LogP) is 1.46. The van der Waals surface area contributed by atoms with E-state index in [0.29, 0.717) is 24.5 Å². The summed E-state index contributed by atoms with van der Waals surface area (Å²) in [4.78, 5) is 10.4. The molecular weight excluding hydrogens is 266 g/mol. The van der Waals surface area contributed by atoms with Gasteiger partial charge in [-0.3, -0.25) is 10.1 Å². The molecule has 1 fully saturated rings. The number of nitrogens with zero attached hydrogens (tertiary/aromatic N) is 1. The van der Waals surface area contributed by atoms with Gasteiger partial charge in [0.15, 0.2) is 5.60 Å². The van der Waals surface area contributed by atoms with Crippen molar-refractivity contribution in [2.45, 2.75) is 17.8 Å². The fourth-order valence-electron chi connectivity index (χ4n) is 2.74. The van der Waals surface area contributed by atoms with Crippen molar-refractivity contribution in [1.29, 1.82) is 0 Å². The van der Waals surface area contributed by atoms with Crippen molar-refractivity contribution in [3.63, 3.8) is 0 Å². The molecule has 2 aliphatic heterocycles. The molecule has 7 heteroatoms. The van der Waals surface area contributed by atoms with E-state index in [1.165, 1.54) is 12.1 Å². The van der Waals surface area contributed by atoms with E-state index in [1.54, 1.807) is 20.3 Å². The molecule has 0 bridgehead atoms. The molecule has 20 heavy (non-hydrogen) atoms. The molecule has 1 aromatic rings. The second-order valence-electron chi connectivity index (χ2n) is 4.99. The Morgan fingerprint density at radius 2 is 2.05 bits per heavy atom. The first-order valence-electron chi connectivity index (χ1n) is 6.22. The van der Waals surface area contributed by atoms with Crippen molar-refractivity contribution in [3.05, 3.63) is 33.9 Å². The molecule has 0 spiro atoms. The van der Waals surface area contributed by atoms with Crippen molar-refractivity contribution >= 4 is 5.69 Å². The predicted molar refractivity (Wildman–Crippen MR) is 67.8 cm³/mol. The number of epoxide rings is 1. The molecule has 1 aromatic carbocycles. The lowest BCUT2D eigenvalue weighted by atomic mass is 9.92. The summed E-state index contributed by atoms with van der Waals surface area (Å²) in [6.07, 6.45) is -0.388. The van der Waals surface area contributed by atoms with Gasteiger partial charge in [0.2, 0.25) is 0 Å². The fourth-order valence-corrected chi connectivity index (χ4v) is 2.74. The van der Waals surface area contributed by atoms with Gasteiger partial charge in [-0.15, -0.1) is 0 Å². The topological polar surface area (TPSA) is 83.4 Å². The first kappa shape index (κ1) is 13.3. The molecule has 0 aliphatic carbocycles. The Labute approximate surface area is 115 Å². The van der Waals surface area contributed by atoms with Gasteiger partial charge in [-0.25, -0.2) is 0 Å². The maximum Gasteiger partial charge on any atom is 0.270 e. The Bertz CT molecular complexity index is 540. The molecule has 0 N–H and O–H groups in total. The van der Waals surface area contributed by atoms with E-state index in [1.807, 2.05) is 0 Å². The SMILES string of the molecule is COCC1(COC)Oc2ccc([N+](=O)[O-])cc2C2OC21. The quantitative estimate of drug-likeness (QED) is 0.461. The molecule has 3 rings (SSSR count). The maximum atomic E-state index is 10.8. The van der Waals surface area contributed by atoms with Gasteiger partial charge in [-0.2, -0.15) is 0 Å². The summed E-state index contributed by atoms with van der Waals surface area (Å²) < 4.78 is 22.1. The van der Waals surface area contributed by atoms with Crippen LogP contribution in [0, 0.1) is 10.1 Å². The van der Waals surface area contributed by atoms with Crippen LogP contribution in [0.15, 0.2) is 18.2 Å². The van der Waals surface area contributed by atoms with Crippen LogP contribution in [-0.4, -0.2) is 44.1 Å². The van der Waals surface area contributed by atoms with E-state index >= 15 is 0 Å². The zero-order valence-corrected chi connectivity index (χ0v) is 11.2. The Balaban J connectivity index is 1.96. The smallest absolute Gasteiger partial charge is 0.270 e. The number of ether oxygens (including phenoxy) is 4. The molecule has 0 radical (unpaired) electrons. The third-order valence-electron chi connectivity index (χ3n) is 3.61. The second kappa shape index (κ2) is 4.69. The van der Waals surface area contributed by atoms with Crippen LogP contribution in [-0.2, 0) is 14.2 Å². The van der Waals surface area contributed by atoms with Gasteiger partial charge >= 0.3 is 0 Å². The summed E-state index contributed by atoms with van der Waals surface area (Å²) in [6.45, 7) is 0.664. The Morgan fingerprint density at radius 1 is 1.35 bits per heavy atom. The highest BCUT2D eigenvalue weighted by molar-refractivity contribution is 5.49. The standard InChI is InChI=1S/C13H15NO6/c1-17-6-13(7-18-2)12-11(19-12)9-5-8(14(15)16)3-4-10(9)20-13/h3-5,11-12H,6-7H2,1-2H3. The summed E-state index contributed by atoms with van der Waals surface area (Å²) in [6, 6.07) is 4.53. The molecule has 0 amide bonds. The molecule has 0 aromatic heterocycles. The third-order valence-corrected chi connectivity index (χ3v) is 3.61. The number of nitro groups is 1. The number of fused-ring (bicyclic) bond motifs is 3. The molecule has 2 heterocycles. The van der Waals surface area contributed by atoms with Gasteiger partial charge in [-0.1, -0.05) is 0 Å². The van der Waals surface area contributed by atoms with Crippen molar-refractivity contribution in [3.8, 4) is 5.75 Å². The van der Waals surface area contributed by atoms with Gasteiger partial charge in [0, 0.05) is 31.9 Å². The van der Waals surface area contributed by atoms with Crippen LogP contribution >= 0.6 is 0 Å². The van der Waals surface area contributed by atoms with Crippen LogP contribution in [0.1, 0.15) is 11.7 Å². The number of hydrogen-bond acceptors (Lipinski definition) is 6. The van der Waals surface area contributed by atoms with E-state index in [-0.39, 0.29) is 17.9 Å². The number of non-ortho nitro benzene ring substituents is 1. The summed E-state index contributed by atoms with van der Waals surface area (Å²) in [7, 11) is 3.17. The number of hydrogen-bond donors (Lipinski definition) is 0. The minimum Gasteiger partial charge on any atom is -0.479 e. The zero-order chi connectivity index (χ0) is 14.3. The highest BCUT2D eigenvalue weighted by Crippen LogP contribution is 2.54. The first-order chi connectivity index (χ1) is 9.61. The number of nitro benzene ring substituents is 1. The summed E-state index contributed by atoms with van der Waals surface area (Å²) in [5.74, 6) is 0.587. The molecule has 7 nitrogen and oxygen atoms in total. The molecule has 1 saturated heterocycles. The summed E-state index contributed by atoms with van der Waals surface area (Å²) >= 11 is 0. The summed E-state index contributed by atoms with van der Waals surface area (Å²) in [5, 5.41) is 10.8. The van der Waals surface area contributed by atoms with Gasteiger partial charge in [0.1, 0.15) is 18.0 Å². The van der Waals surface area contributed by atoms with Crippen LogP contribution in [0.2, 0.25) is 0 Å². The van der Waals surface area contributed by atoms with Gasteiger partial charge in [0.25, 0.3) is 5.69 Å². The van der Waals surface area contributed by atoms with Crippen molar-refractivity contribution < 1.29 is 23.9 Å². The highest BCUT2D eigenvalue weighted by Gasteiger charge is 2.61. The molecule has 2 atom stereocenters. The normalized spacial score (nSPS) is 25.3. The van der Waals surface area contributed by atoms with E-state index in [4.69, 9.17) is 18.9 Å².